The van der Waals surface area contributed by atoms with Crippen LogP contribution in [-0.4, -0.2) is 11.8 Å². The number of aryl methyl sites for hydroxylation is 2. The predicted octanol–water partition coefficient (Wildman–Crippen LogP) is 4.65. The minimum Gasteiger partial charge on any atom is -0.449 e. The van der Waals surface area contributed by atoms with Gasteiger partial charge in [0.05, 0.1) is 0 Å². The van der Waals surface area contributed by atoms with E-state index < -0.39 is 5.91 Å². The lowest BCUT2D eigenvalue weighted by Gasteiger charge is -2.08. The molecule has 3 aromatic rings. The van der Waals surface area contributed by atoms with Crippen LogP contribution in [0.4, 0.5) is 11.4 Å². The van der Waals surface area contributed by atoms with Gasteiger partial charge in [0.1, 0.15) is 11.3 Å². The number of amides is 2. The normalized spacial score (nSPS) is 10.7. The van der Waals surface area contributed by atoms with Gasteiger partial charge in [0.25, 0.3) is 5.91 Å². The van der Waals surface area contributed by atoms with Gasteiger partial charge in [-0.15, -0.1) is 0 Å². The van der Waals surface area contributed by atoms with Gasteiger partial charge < -0.3 is 15.1 Å². The molecule has 2 amide bonds. The maximum atomic E-state index is 12.7. The van der Waals surface area contributed by atoms with Crippen LogP contribution in [0.5, 0.6) is 0 Å². The third-order valence-electron chi connectivity index (χ3n) is 4.15. The molecule has 0 aliphatic heterocycles. The van der Waals surface area contributed by atoms with Gasteiger partial charge >= 0.3 is 0 Å². The SMILES string of the molecule is CCC(=O)Nc1c(C(=O)Nc2ccc(C)c(C)c2)oc2ccccc12. The maximum Gasteiger partial charge on any atom is 0.293 e. The molecule has 0 spiro atoms. The molecule has 1 aromatic heterocycles. The largest absolute Gasteiger partial charge is 0.449 e. The summed E-state index contributed by atoms with van der Waals surface area (Å²) in [6, 6.07) is 12.9. The molecule has 0 aliphatic rings. The standard InChI is InChI=1S/C20H20N2O3/c1-4-17(23)22-18-15-7-5-6-8-16(15)25-19(18)20(24)21-14-10-9-12(2)13(3)11-14/h5-11H,4H2,1-3H3,(H,21,24)(H,22,23). The summed E-state index contributed by atoms with van der Waals surface area (Å²) in [5.74, 6) is -0.473. The molecule has 2 aromatic carbocycles. The van der Waals surface area contributed by atoms with Crippen molar-refractivity contribution in [1.82, 2.24) is 0 Å². The molecule has 25 heavy (non-hydrogen) atoms. The van der Waals surface area contributed by atoms with Crippen LogP contribution in [0.2, 0.25) is 0 Å². The summed E-state index contributed by atoms with van der Waals surface area (Å²) >= 11 is 0. The highest BCUT2D eigenvalue weighted by Gasteiger charge is 2.22. The van der Waals surface area contributed by atoms with Crippen LogP contribution in [0.25, 0.3) is 11.0 Å². The second kappa shape index (κ2) is 6.81. The van der Waals surface area contributed by atoms with E-state index >= 15 is 0 Å². The summed E-state index contributed by atoms with van der Waals surface area (Å²) < 4.78 is 5.71. The quantitative estimate of drug-likeness (QED) is 0.728. The lowest BCUT2D eigenvalue weighted by atomic mass is 10.1. The molecule has 0 aliphatic carbocycles. The fourth-order valence-corrected chi connectivity index (χ4v) is 2.56. The maximum absolute atomic E-state index is 12.7. The van der Waals surface area contributed by atoms with E-state index in [1.54, 1.807) is 13.0 Å². The number of furan rings is 1. The fourth-order valence-electron chi connectivity index (χ4n) is 2.56. The van der Waals surface area contributed by atoms with Gasteiger partial charge in [0, 0.05) is 17.5 Å². The Balaban J connectivity index is 1.98. The van der Waals surface area contributed by atoms with Crippen LogP contribution < -0.4 is 10.6 Å². The van der Waals surface area contributed by atoms with Gasteiger partial charge in [-0.25, -0.2) is 0 Å². The Morgan fingerprint density at radius 1 is 1.00 bits per heavy atom. The summed E-state index contributed by atoms with van der Waals surface area (Å²) in [5.41, 5.74) is 3.88. The Kier molecular flexibility index (Phi) is 4.57. The Labute approximate surface area is 146 Å². The van der Waals surface area contributed by atoms with Crippen molar-refractivity contribution in [2.45, 2.75) is 27.2 Å². The molecule has 2 N–H and O–H groups in total. The van der Waals surface area contributed by atoms with Crippen LogP contribution >= 0.6 is 0 Å². The summed E-state index contributed by atoms with van der Waals surface area (Å²) in [7, 11) is 0. The number of nitrogens with one attached hydrogen (secondary N) is 2. The van der Waals surface area contributed by atoms with Crippen molar-refractivity contribution in [1.29, 1.82) is 0 Å². The van der Waals surface area contributed by atoms with E-state index in [0.717, 1.165) is 11.1 Å². The summed E-state index contributed by atoms with van der Waals surface area (Å²) in [5, 5.41) is 6.32. The molecule has 0 unspecified atom stereocenters. The molecule has 0 radical (unpaired) electrons. The Bertz CT molecular complexity index is 957. The van der Waals surface area contributed by atoms with Crippen molar-refractivity contribution in [2.24, 2.45) is 0 Å². The summed E-state index contributed by atoms with van der Waals surface area (Å²) in [6.45, 7) is 5.75. The molecule has 1 heterocycles. The number of hydrogen-bond donors (Lipinski definition) is 2. The minimum atomic E-state index is -0.397. The summed E-state index contributed by atoms with van der Waals surface area (Å²) in [6.07, 6.45) is 0.317. The monoisotopic (exact) mass is 336 g/mol. The Morgan fingerprint density at radius 2 is 1.76 bits per heavy atom. The minimum absolute atomic E-state index is 0.0984. The number of benzene rings is 2. The van der Waals surface area contributed by atoms with Crippen LogP contribution in [0, 0.1) is 13.8 Å². The van der Waals surface area contributed by atoms with Crippen LogP contribution in [0.15, 0.2) is 46.9 Å². The molecule has 0 bridgehead atoms. The molecule has 5 nitrogen and oxygen atoms in total. The second-order valence-corrected chi connectivity index (χ2v) is 5.96. The highest BCUT2D eigenvalue weighted by Crippen LogP contribution is 2.31. The van der Waals surface area contributed by atoms with Gasteiger partial charge in [0.2, 0.25) is 11.7 Å². The Morgan fingerprint density at radius 3 is 2.48 bits per heavy atom. The zero-order chi connectivity index (χ0) is 18.0. The first-order valence-corrected chi connectivity index (χ1v) is 8.19. The first-order chi connectivity index (χ1) is 12.0. The van der Waals surface area contributed by atoms with Crippen LogP contribution in [0.3, 0.4) is 0 Å². The molecule has 0 fully saturated rings. The van der Waals surface area contributed by atoms with Crippen molar-refractivity contribution in [3.05, 3.63) is 59.4 Å². The first-order valence-electron chi connectivity index (χ1n) is 8.19. The molecule has 5 heteroatoms. The Hall–Kier alpha value is -3.08. The number of fused-ring (bicyclic) bond motifs is 1. The predicted molar refractivity (Wildman–Crippen MR) is 99.0 cm³/mol. The van der Waals surface area contributed by atoms with Gasteiger partial charge in [-0.1, -0.05) is 25.1 Å². The second-order valence-electron chi connectivity index (χ2n) is 5.96. The average molecular weight is 336 g/mol. The van der Waals surface area contributed by atoms with Crippen molar-refractivity contribution in [2.75, 3.05) is 10.6 Å². The third-order valence-corrected chi connectivity index (χ3v) is 4.15. The van der Waals surface area contributed by atoms with E-state index in [2.05, 4.69) is 10.6 Å². The number of hydrogen-bond acceptors (Lipinski definition) is 3. The molecule has 0 saturated heterocycles. The molecule has 0 saturated carbocycles. The van der Waals surface area contributed by atoms with Gasteiger partial charge in [-0.2, -0.15) is 0 Å². The number of carbonyl (C=O) groups is 2. The van der Waals surface area contributed by atoms with Crippen molar-refractivity contribution in [3.8, 4) is 0 Å². The fraction of sp³-hybridized carbons (Fsp3) is 0.200. The van der Waals surface area contributed by atoms with E-state index in [1.165, 1.54) is 0 Å². The van der Waals surface area contributed by atoms with E-state index in [0.29, 0.717) is 28.8 Å². The highest BCUT2D eigenvalue weighted by atomic mass is 16.3. The smallest absolute Gasteiger partial charge is 0.293 e. The molecular weight excluding hydrogens is 316 g/mol. The van der Waals surface area contributed by atoms with E-state index in [-0.39, 0.29) is 11.7 Å². The van der Waals surface area contributed by atoms with Gasteiger partial charge in [-0.05, 0) is 49.2 Å². The van der Waals surface area contributed by atoms with Crippen molar-refractivity contribution >= 4 is 34.2 Å². The molecule has 128 valence electrons. The molecule has 0 atom stereocenters. The number of rotatable bonds is 4. The van der Waals surface area contributed by atoms with Crippen molar-refractivity contribution < 1.29 is 14.0 Å². The molecule has 3 rings (SSSR count). The van der Waals surface area contributed by atoms with E-state index in [4.69, 9.17) is 4.42 Å². The van der Waals surface area contributed by atoms with E-state index in [1.807, 2.05) is 50.2 Å². The zero-order valence-corrected chi connectivity index (χ0v) is 14.5. The third kappa shape index (κ3) is 3.40. The average Bonchev–Trinajstić information content (AvgIpc) is 2.97. The number of anilines is 2. The van der Waals surface area contributed by atoms with E-state index in [9.17, 15) is 9.59 Å². The summed E-state index contributed by atoms with van der Waals surface area (Å²) in [4.78, 5) is 24.6. The first kappa shape index (κ1) is 16.8. The topological polar surface area (TPSA) is 71.3 Å². The van der Waals surface area contributed by atoms with Gasteiger partial charge in [0.15, 0.2) is 0 Å². The van der Waals surface area contributed by atoms with Gasteiger partial charge in [-0.3, -0.25) is 9.59 Å². The zero-order valence-electron chi connectivity index (χ0n) is 14.5. The van der Waals surface area contributed by atoms with Crippen LogP contribution in [-0.2, 0) is 4.79 Å². The van der Waals surface area contributed by atoms with Crippen LogP contribution in [0.1, 0.15) is 35.0 Å². The lowest BCUT2D eigenvalue weighted by molar-refractivity contribution is -0.115. The number of para-hydroxylation sites is 1. The lowest BCUT2D eigenvalue weighted by Crippen LogP contribution is -2.16. The number of carbonyl (C=O) groups excluding carboxylic acids is 2. The molecular formula is C20H20N2O3. The van der Waals surface area contributed by atoms with Crippen molar-refractivity contribution in [3.63, 3.8) is 0 Å². The highest BCUT2D eigenvalue weighted by molar-refractivity contribution is 6.14.